The van der Waals surface area contributed by atoms with Crippen molar-refractivity contribution in [2.24, 2.45) is 0 Å². The first-order valence-corrected chi connectivity index (χ1v) is 9.16. The Bertz CT molecular complexity index is 920. The first kappa shape index (κ1) is 16.0. The molecule has 2 heterocycles. The number of hydrogen-bond acceptors (Lipinski definition) is 5. The van der Waals surface area contributed by atoms with Gasteiger partial charge in [-0.2, -0.15) is 0 Å². The van der Waals surface area contributed by atoms with Crippen LogP contribution in [0.2, 0.25) is 0 Å². The molecule has 0 spiro atoms. The fourth-order valence-electron chi connectivity index (χ4n) is 3.32. The van der Waals surface area contributed by atoms with Gasteiger partial charge in [-0.1, -0.05) is 18.2 Å². The maximum atomic E-state index is 11.2. The van der Waals surface area contributed by atoms with Gasteiger partial charge in [0.1, 0.15) is 17.0 Å². The largest absolute Gasteiger partial charge is 0.496 e. The molecule has 1 unspecified atom stereocenters. The summed E-state index contributed by atoms with van der Waals surface area (Å²) in [5.41, 5.74) is 4.02. The Labute approximate surface area is 150 Å². The minimum Gasteiger partial charge on any atom is -0.496 e. The molecule has 1 aliphatic rings. The zero-order valence-electron chi connectivity index (χ0n) is 13.9. The van der Waals surface area contributed by atoms with E-state index >= 15 is 0 Å². The zero-order valence-corrected chi connectivity index (χ0v) is 14.8. The number of hydrogen-bond donors (Lipinski definition) is 0. The number of rotatable bonds is 4. The number of aromatic nitrogens is 2. The van der Waals surface area contributed by atoms with Gasteiger partial charge in [0.25, 0.3) is 0 Å². The second-order valence-corrected chi connectivity index (χ2v) is 7.13. The number of methoxy groups -OCH3 is 1. The van der Waals surface area contributed by atoms with Crippen molar-refractivity contribution >= 4 is 17.6 Å². The predicted octanol–water partition coefficient (Wildman–Crippen LogP) is 4.50. The molecule has 5 heteroatoms. The van der Waals surface area contributed by atoms with Gasteiger partial charge < -0.3 is 9.53 Å². The number of ether oxygens (including phenoxy) is 1. The lowest BCUT2D eigenvalue weighted by Gasteiger charge is -2.20. The van der Waals surface area contributed by atoms with E-state index in [1.807, 2.05) is 42.6 Å². The lowest BCUT2D eigenvalue weighted by atomic mass is 9.86. The number of nitrogens with zero attached hydrogens (tertiary/aromatic N) is 2. The summed E-state index contributed by atoms with van der Waals surface area (Å²) in [4.78, 5) is 21.6. The van der Waals surface area contributed by atoms with E-state index in [4.69, 9.17) is 9.72 Å². The fourth-order valence-corrected chi connectivity index (χ4v) is 4.24. The van der Waals surface area contributed by atoms with Crippen molar-refractivity contribution < 1.29 is 9.53 Å². The number of thiazole rings is 1. The number of aryl methyl sites for hydroxylation is 1. The second-order valence-electron chi connectivity index (χ2n) is 6.10. The summed E-state index contributed by atoms with van der Waals surface area (Å²) in [5, 5.41) is 0.886. The van der Waals surface area contributed by atoms with E-state index in [-0.39, 0.29) is 5.92 Å². The van der Waals surface area contributed by atoms with Crippen LogP contribution in [-0.4, -0.2) is 23.4 Å². The summed E-state index contributed by atoms with van der Waals surface area (Å²) < 4.78 is 5.44. The third-order valence-electron chi connectivity index (χ3n) is 4.60. The highest BCUT2D eigenvalue weighted by Gasteiger charge is 2.21. The molecule has 0 fully saturated rings. The van der Waals surface area contributed by atoms with Crippen molar-refractivity contribution in [2.45, 2.75) is 25.2 Å². The molecule has 1 aliphatic carbocycles. The number of benzene rings is 1. The van der Waals surface area contributed by atoms with E-state index in [1.54, 1.807) is 18.4 Å². The SMILES string of the molecule is COc1ccccc1-c1cnc(-c2ccc3c(n2)CCCC3C=O)s1. The Morgan fingerprint density at radius 1 is 1.24 bits per heavy atom. The van der Waals surface area contributed by atoms with Crippen LogP contribution in [0.25, 0.3) is 21.1 Å². The minimum atomic E-state index is -0.00858. The van der Waals surface area contributed by atoms with Crippen LogP contribution in [0.1, 0.15) is 30.0 Å². The Hall–Kier alpha value is -2.53. The second kappa shape index (κ2) is 6.76. The average molecular weight is 350 g/mol. The molecule has 3 aromatic rings. The average Bonchev–Trinajstić information content (AvgIpc) is 3.17. The zero-order chi connectivity index (χ0) is 17.2. The number of carbonyl (C=O) groups is 1. The predicted molar refractivity (Wildman–Crippen MR) is 99.1 cm³/mol. The van der Waals surface area contributed by atoms with Crippen molar-refractivity contribution in [3.63, 3.8) is 0 Å². The van der Waals surface area contributed by atoms with Gasteiger partial charge in [-0.3, -0.25) is 0 Å². The van der Waals surface area contributed by atoms with Gasteiger partial charge in [-0.25, -0.2) is 9.97 Å². The van der Waals surface area contributed by atoms with Crippen LogP contribution in [0.3, 0.4) is 0 Å². The summed E-state index contributed by atoms with van der Waals surface area (Å²) in [7, 11) is 1.68. The number of carbonyl (C=O) groups excluding carboxylic acids is 1. The number of aldehydes is 1. The molecule has 0 N–H and O–H groups in total. The molecule has 25 heavy (non-hydrogen) atoms. The molecule has 0 saturated carbocycles. The Balaban J connectivity index is 1.70. The number of fused-ring (bicyclic) bond motifs is 1. The Morgan fingerprint density at radius 2 is 2.12 bits per heavy atom. The highest BCUT2D eigenvalue weighted by Crippen LogP contribution is 2.37. The standard InChI is InChI=1S/C20H18N2O2S/c1-24-18-8-3-2-6-15(18)19-11-21-20(25-19)17-10-9-14-13(12-23)5-4-7-16(14)22-17/h2-3,6,8-13H,4-5,7H2,1H3. The molecule has 0 saturated heterocycles. The van der Waals surface area contributed by atoms with Gasteiger partial charge >= 0.3 is 0 Å². The van der Waals surface area contributed by atoms with Gasteiger partial charge in [0.05, 0.1) is 17.7 Å². The van der Waals surface area contributed by atoms with Crippen molar-refractivity contribution in [2.75, 3.05) is 7.11 Å². The number of para-hydroxylation sites is 1. The molecule has 0 bridgehead atoms. The Morgan fingerprint density at radius 3 is 2.96 bits per heavy atom. The maximum Gasteiger partial charge on any atom is 0.142 e. The van der Waals surface area contributed by atoms with Crippen molar-refractivity contribution in [3.8, 4) is 26.9 Å². The van der Waals surface area contributed by atoms with E-state index < -0.39 is 0 Å². The molecular weight excluding hydrogens is 332 g/mol. The first-order valence-electron chi connectivity index (χ1n) is 8.35. The lowest BCUT2D eigenvalue weighted by molar-refractivity contribution is -0.109. The van der Waals surface area contributed by atoms with Crippen molar-refractivity contribution in [1.82, 2.24) is 9.97 Å². The summed E-state index contributed by atoms with van der Waals surface area (Å²) in [5.74, 6) is 0.829. The molecular formula is C20H18N2O2S. The fraction of sp³-hybridized carbons (Fsp3) is 0.250. The van der Waals surface area contributed by atoms with E-state index in [1.165, 1.54) is 0 Å². The molecule has 0 radical (unpaired) electrons. The normalized spacial score (nSPS) is 16.3. The topological polar surface area (TPSA) is 52.1 Å². The van der Waals surface area contributed by atoms with Crippen LogP contribution in [0.5, 0.6) is 5.75 Å². The van der Waals surface area contributed by atoms with Gasteiger partial charge in [0.15, 0.2) is 0 Å². The quantitative estimate of drug-likeness (QED) is 0.650. The Kier molecular flexibility index (Phi) is 4.32. The van der Waals surface area contributed by atoms with Crippen LogP contribution >= 0.6 is 11.3 Å². The molecule has 0 amide bonds. The molecule has 4 nitrogen and oxygen atoms in total. The van der Waals surface area contributed by atoms with Crippen LogP contribution in [-0.2, 0) is 11.2 Å². The molecule has 1 aromatic carbocycles. The molecule has 0 aliphatic heterocycles. The van der Waals surface area contributed by atoms with Crippen molar-refractivity contribution in [3.05, 3.63) is 53.9 Å². The van der Waals surface area contributed by atoms with Crippen LogP contribution in [0, 0.1) is 0 Å². The highest BCUT2D eigenvalue weighted by molar-refractivity contribution is 7.18. The van der Waals surface area contributed by atoms with E-state index in [0.29, 0.717) is 0 Å². The van der Waals surface area contributed by atoms with Gasteiger partial charge in [-0.05, 0) is 43.0 Å². The lowest BCUT2D eigenvalue weighted by Crippen LogP contribution is -2.12. The van der Waals surface area contributed by atoms with Crippen LogP contribution in [0.4, 0.5) is 0 Å². The summed E-state index contributed by atoms with van der Waals surface area (Å²) in [6.45, 7) is 0. The van der Waals surface area contributed by atoms with Gasteiger partial charge in [0, 0.05) is 23.4 Å². The molecule has 1 atom stereocenters. The van der Waals surface area contributed by atoms with Crippen LogP contribution in [0.15, 0.2) is 42.6 Å². The van der Waals surface area contributed by atoms with E-state index in [2.05, 4.69) is 4.98 Å². The smallest absolute Gasteiger partial charge is 0.142 e. The monoisotopic (exact) mass is 350 g/mol. The first-order chi connectivity index (χ1) is 12.3. The van der Waals surface area contributed by atoms with Gasteiger partial charge in [-0.15, -0.1) is 11.3 Å². The highest BCUT2D eigenvalue weighted by atomic mass is 32.1. The molecule has 4 rings (SSSR count). The van der Waals surface area contributed by atoms with E-state index in [9.17, 15) is 4.79 Å². The summed E-state index contributed by atoms with van der Waals surface area (Å²) >= 11 is 1.60. The third-order valence-corrected chi connectivity index (χ3v) is 5.65. The summed E-state index contributed by atoms with van der Waals surface area (Å²) in [6, 6.07) is 12.0. The van der Waals surface area contributed by atoms with Crippen LogP contribution < -0.4 is 4.74 Å². The van der Waals surface area contributed by atoms with E-state index in [0.717, 1.165) is 63.7 Å². The summed E-state index contributed by atoms with van der Waals surface area (Å²) in [6.07, 6.45) is 5.78. The molecule has 126 valence electrons. The minimum absolute atomic E-state index is 0.00858. The number of pyridine rings is 1. The molecule has 2 aromatic heterocycles. The maximum absolute atomic E-state index is 11.2. The van der Waals surface area contributed by atoms with Gasteiger partial charge in [0.2, 0.25) is 0 Å². The van der Waals surface area contributed by atoms with Crippen molar-refractivity contribution in [1.29, 1.82) is 0 Å². The third kappa shape index (κ3) is 2.96.